The Hall–Kier alpha value is -3.08. The molecule has 1 aliphatic heterocycles. The van der Waals surface area contributed by atoms with Crippen LogP contribution in [0.5, 0.6) is 0 Å². The van der Waals surface area contributed by atoms with Crippen LogP contribution in [0.25, 0.3) is 0 Å². The lowest BCUT2D eigenvalue weighted by molar-refractivity contribution is -0.383. The number of rotatable bonds is 4. The molecule has 7 nitrogen and oxygen atoms in total. The quantitative estimate of drug-likeness (QED) is 0.584. The van der Waals surface area contributed by atoms with Crippen LogP contribution in [0.2, 0.25) is 0 Å². The number of nitro groups is 1. The maximum absolute atomic E-state index is 12.8. The molecule has 28 heavy (non-hydrogen) atoms. The second-order valence-corrected chi connectivity index (χ2v) is 7.08. The van der Waals surface area contributed by atoms with E-state index in [9.17, 15) is 32.9 Å². The van der Waals surface area contributed by atoms with Gasteiger partial charge in [-0.25, -0.2) is 0 Å². The highest BCUT2D eigenvalue weighted by Gasteiger charge is 2.34. The maximum Gasteiger partial charge on any atom is 0.416 e. The molecule has 1 atom stereocenters. The first-order chi connectivity index (χ1) is 13.1. The molecule has 11 heteroatoms. The third-order valence-electron chi connectivity index (χ3n) is 3.87. The minimum atomic E-state index is -4.54. The molecule has 0 aromatic heterocycles. The highest BCUT2D eigenvalue weighted by Crippen LogP contribution is 2.40. The van der Waals surface area contributed by atoms with Crippen molar-refractivity contribution in [2.75, 3.05) is 10.6 Å². The average Bonchev–Trinajstić information content (AvgIpc) is 2.61. The highest BCUT2D eigenvalue weighted by atomic mass is 32.2. The van der Waals surface area contributed by atoms with Gasteiger partial charge in [-0.05, 0) is 24.3 Å². The van der Waals surface area contributed by atoms with Crippen molar-refractivity contribution < 1.29 is 27.7 Å². The normalized spacial score (nSPS) is 16.1. The second kappa shape index (κ2) is 7.50. The van der Waals surface area contributed by atoms with Gasteiger partial charge >= 0.3 is 6.18 Å². The number of nitrogens with one attached hydrogen (secondary N) is 2. The van der Waals surface area contributed by atoms with Crippen LogP contribution in [0.15, 0.2) is 47.4 Å². The molecule has 0 spiro atoms. The monoisotopic (exact) mass is 411 g/mol. The second-order valence-electron chi connectivity index (χ2n) is 5.83. The lowest BCUT2D eigenvalue weighted by Gasteiger charge is -2.24. The molecule has 0 aliphatic carbocycles. The number of nitro benzene ring substituents is 1. The van der Waals surface area contributed by atoms with Gasteiger partial charge in [0.05, 0.1) is 21.4 Å². The van der Waals surface area contributed by atoms with Gasteiger partial charge in [0.1, 0.15) is 5.69 Å². The van der Waals surface area contributed by atoms with E-state index in [2.05, 4.69) is 10.6 Å². The van der Waals surface area contributed by atoms with Crippen LogP contribution in [0.3, 0.4) is 0 Å². The number of nitrogens with zero attached hydrogens (tertiary/aromatic N) is 1. The predicted octanol–water partition coefficient (Wildman–Crippen LogP) is 4.06. The molecule has 0 saturated heterocycles. The minimum Gasteiger partial charge on any atom is -0.324 e. The largest absolute Gasteiger partial charge is 0.416 e. The van der Waals surface area contributed by atoms with E-state index in [1.165, 1.54) is 30.3 Å². The van der Waals surface area contributed by atoms with E-state index in [1.807, 2.05) is 0 Å². The van der Waals surface area contributed by atoms with E-state index in [0.29, 0.717) is 4.90 Å². The number of fused-ring (bicyclic) bond motifs is 1. The van der Waals surface area contributed by atoms with Gasteiger partial charge in [-0.1, -0.05) is 12.1 Å². The number of hydrogen-bond acceptors (Lipinski definition) is 5. The zero-order valence-corrected chi connectivity index (χ0v) is 14.8. The third-order valence-corrected chi connectivity index (χ3v) is 5.15. The number of carbonyl (C=O) groups is 2. The van der Waals surface area contributed by atoms with Gasteiger partial charge in [-0.2, -0.15) is 13.2 Å². The fourth-order valence-corrected chi connectivity index (χ4v) is 3.66. The maximum atomic E-state index is 12.8. The molecule has 0 fully saturated rings. The van der Waals surface area contributed by atoms with Gasteiger partial charge in [0.25, 0.3) is 5.69 Å². The molecule has 2 N–H and O–H groups in total. The van der Waals surface area contributed by atoms with Crippen molar-refractivity contribution in [2.45, 2.75) is 22.7 Å². The zero-order valence-electron chi connectivity index (χ0n) is 13.9. The standard InChI is InChI=1S/C17H12F3N3O4S/c18-17(19,20)9-5-6-13-11(7-9)22-16(25)14(28-13)8-15(24)21-10-3-1-2-4-12(10)23(26)27/h1-7,14H,8H2,(H,21,24)(H,22,25)/t14-/m0/s1. The molecule has 0 saturated carbocycles. The number of anilines is 2. The summed E-state index contributed by atoms with van der Waals surface area (Å²) >= 11 is 0.960. The Kier molecular flexibility index (Phi) is 5.27. The van der Waals surface area contributed by atoms with E-state index >= 15 is 0 Å². The number of amides is 2. The lowest BCUT2D eigenvalue weighted by atomic mass is 10.1. The van der Waals surface area contributed by atoms with Crippen LogP contribution in [0.1, 0.15) is 12.0 Å². The first-order valence-electron chi connectivity index (χ1n) is 7.87. The Balaban J connectivity index is 1.72. The van der Waals surface area contributed by atoms with Gasteiger partial charge in [0, 0.05) is 17.4 Å². The summed E-state index contributed by atoms with van der Waals surface area (Å²) in [5.41, 5.74) is -1.16. The predicted molar refractivity (Wildman–Crippen MR) is 96.1 cm³/mol. The van der Waals surface area contributed by atoms with Crippen LogP contribution in [-0.4, -0.2) is 22.0 Å². The van der Waals surface area contributed by atoms with Crippen LogP contribution in [0.4, 0.5) is 30.2 Å². The molecule has 3 rings (SSSR count). The Labute approximate surface area is 160 Å². The van der Waals surface area contributed by atoms with Gasteiger partial charge in [-0.3, -0.25) is 19.7 Å². The van der Waals surface area contributed by atoms with Gasteiger partial charge in [-0.15, -0.1) is 11.8 Å². The van der Waals surface area contributed by atoms with Crippen LogP contribution >= 0.6 is 11.8 Å². The van der Waals surface area contributed by atoms with E-state index in [4.69, 9.17) is 0 Å². The summed E-state index contributed by atoms with van der Waals surface area (Å²) in [6.07, 6.45) is -4.84. The summed E-state index contributed by atoms with van der Waals surface area (Å²) < 4.78 is 38.3. The SMILES string of the molecule is O=C(C[C@@H]1Sc2ccc(C(F)(F)F)cc2NC1=O)Nc1ccccc1[N+](=O)[O-]. The van der Waals surface area contributed by atoms with Crippen molar-refractivity contribution in [1.29, 1.82) is 0 Å². The van der Waals surface area contributed by atoms with Gasteiger partial charge < -0.3 is 10.6 Å². The van der Waals surface area contributed by atoms with Crippen molar-refractivity contribution in [3.8, 4) is 0 Å². The molecule has 2 aromatic rings. The summed E-state index contributed by atoms with van der Waals surface area (Å²) in [6, 6.07) is 8.51. The highest BCUT2D eigenvalue weighted by molar-refractivity contribution is 8.01. The number of thioether (sulfide) groups is 1. The molecule has 0 bridgehead atoms. The van der Waals surface area contributed by atoms with Gasteiger partial charge in [0.2, 0.25) is 11.8 Å². The molecule has 146 valence electrons. The average molecular weight is 411 g/mol. The molecule has 1 heterocycles. The Bertz CT molecular complexity index is 965. The van der Waals surface area contributed by atoms with E-state index in [1.54, 1.807) is 0 Å². The number of halogens is 3. The molecular formula is C17H12F3N3O4S. The fraction of sp³-hybridized carbons (Fsp3) is 0.176. The van der Waals surface area contributed by atoms with Crippen LogP contribution < -0.4 is 10.6 Å². The molecular weight excluding hydrogens is 399 g/mol. The van der Waals surface area contributed by atoms with Crippen molar-refractivity contribution in [1.82, 2.24) is 0 Å². The molecule has 0 radical (unpaired) electrons. The summed E-state index contributed by atoms with van der Waals surface area (Å²) in [7, 11) is 0. The Morgan fingerprint density at radius 2 is 1.96 bits per heavy atom. The van der Waals surface area contributed by atoms with E-state index < -0.39 is 33.7 Å². The molecule has 1 aliphatic rings. The topological polar surface area (TPSA) is 101 Å². The summed E-state index contributed by atoms with van der Waals surface area (Å²) in [6.45, 7) is 0. The summed E-state index contributed by atoms with van der Waals surface area (Å²) in [5.74, 6) is -1.24. The Morgan fingerprint density at radius 3 is 2.64 bits per heavy atom. The first kappa shape index (κ1) is 19.7. The number of para-hydroxylation sites is 2. The van der Waals surface area contributed by atoms with Gasteiger partial charge in [0.15, 0.2) is 0 Å². The van der Waals surface area contributed by atoms with E-state index in [0.717, 1.165) is 23.9 Å². The third kappa shape index (κ3) is 4.25. The first-order valence-corrected chi connectivity index (χ1v) is 8.75. The number of hydrogen-bond donors (Lipinski definition) is 2. The minimum absolute atomic E-state index is 0.00561. The summed E-state index contributed by atoms with van der Waals surface area (Å²) in [4.78, 5) is 35.1. The van der Waals surface area contributed by atoms with Crippen LogP contribution in [0, 0.1) is 10.1 Å². The number of alkyl halides is 3. The number of carbonyl (C=O) groups excluding carboxylic acids is 2. The van der Waals surface area contributed by atoms with Crippen molar-refractivity contribution in [2.24, 2.45) is 0 Å². The van der Waals surface area contributed by atoms with Crippen molar-refractivity contribution in [3.63, 3.8) is 0 Å². The number of benzene rings is 2. The fourth-order valence-electron chi connectivity index (χ4n) is 2.57. The summed E-state index contributed by atoms with van der Waals surface area (Å²) in [5, 5.41) is 14.9. The smallest absolute Gasteiger partial charge is 0.324 e. The molecule has 0 unspecified atom stereocenters. The molecule has 2 amide bonds. The van der Waals surface area contributed by atoms with Crippen molar-refractivity contribution >= 4 is 40.6 Å². The van der Waals surface area contributed by atoms with Crippen LogP contribution in [-0.2, 0) is 15.8 Å². The van der Waals surface area contributed by atoms with E-state index in [-0.39, 0.29) is 23.5 Å². The molecule has 2 aromatic carbocycles. The zero-order chi connectivity index (χ0) is 20.5. The lowest BCUT2D eigenvalue weighted by Crippen LogP contribution is -2.32. The Morgan fingerprint density at radius 1 is 1.25 bits per heavy atom. The van der Waals surface area contributed by atoms with Crippen molar-refractivity contribution in [3.05, 3.63) is 58.1 Å².